The molecule has 0 radical (unpaired) electrons. The zero-order valence-corrected chi connectivity index (χ0v) is 11.6. The molecule has 3 rings (SSSR count). The molecule has 2 bridgehead atoms. The van der Waals surface area contributed by atoms with Crippen molar-refractivity contribution in [2.75, 3.05) is 20.3 Å². The Morgan fingerprint density at radius 2 is 2.05 bits per heavy atom. The zero-order valence-electron chi connectivity index (χ0n) is 11.6. The summed E-state index contributed by atoms with van der Waals surface area (Å²) in [6.07, 6.45) is 6.61. The Balaban J connectivity index is 1.82. The summed E-state index contributed by atoms with van der Waals surface area (Å²) in [6.45, 7) is 1.72. The maximum absolute atomic E-state index is 5.17. The van der Waals surface area contributed by atoms with E-state index < -0.39 is 0 Å². The molecular weight excluding hydrogens is 234 g/mol. The van der Waals surface area contributed by atoms with E-state index in [4.69, 9.17) is 4.74 Å². The average Bonchev–Trinajstić information content (AvgIpc) is 2.85. The molecule has 0 heterocycles. The van der Waals surface area contributed by atoms with Gasteiger partial charge < -0.3 is 10.1 Å². The van der Waals surface area contributed by atoms with Crippen LogP contribution in [0.1, 0.15) is 24.8 Å². The Morgan fingerprint density at radius 1 is 1.21 bits per heavy atom. The van der Waals surface area contributed by atoms with Crippen LogP contribution in [0.25, 0.3) is 5.57 Å². The molecular formula is C17H23NO. The van der Waals surface area contributed by atoms with Crippen molar-refractivity contribution in [1.82, 2.24) is 5.32 Å². The molecule has 2 aliphatic carbocycles. The molecule has 2 heteroatoms. The molecule has 1 aromatic rings. The Hall–Kier alpha value is -1.12. The zero-order chi connectivity index (χ0) is 13.1. The fraction of sp³-hybridized carbons (Fsp3) is 0.529. The van der Waals surface area contributed by atoms with Gasteiger partial charge in [-0.25, -0.2) is 0 Å². The van der Waals surface area contributed by atoms with Gasteiger partial charge in [0.25, 0.3) is 0 Å². The molecule has 1 fully saturated rings. The van der Waals surface area contributed by atoms with E-state index in [2.05, 4.69) is 41.7 Å². The molecule has 1 N–H and O–H groups in total. The molecule has 102 valence electrons. The summed E-state index contributed by atoms with van der Waals surface area (Å²) in [7, 11) is 1.77. The van der Waals surface area contributed by atoms with E-state index in [9.17, 15) is 0 Å². The minimum atomic E-state index is 0.510. The summed E-state index contributed by atoms with van der Waals surface area (Å²) < 4.78 is 5.17. The third kappa shape index (κ3) is 2.75. The van der Waals surface area contributed by atoms with Gasteiger partial charge in [0, 0.05) is 19.7 Å². The lowest BCUT2D eigenvalue weighted by Gasteiger charge is -2.31. The van der Waals surface area contributed by atoms with E-state index >= 15 is 0 Å². The van der Waals surface area contributed by atoms with Crippen molar-refractivity contribution in [3.05, 3.63) is 42.0 Å². The first kappa shape index (κ1) is 12.9. The van der Waals surface area contributed by atoms with Crippen LogP contribution in [-0.2, 0) is 4.74 Å². The van der Waals surface area contributed by atoms with Gasteiger partial charge in [0.15, 0.2) is 0 Å². The molecule has 0 aromatic heterocycles. The van der Waals surface area contributed by atoms with Crippen LogP contribution in [-0.4, -0.2) is 26.3 Å². The van der Waals surface area contributed by atoms with Gasteiger partial charge in [-0.1, -0.05) is 36.4 Å². The van der Waals surface area contributed by atoms with Crippen LogP contribution in [0.3, 0.4) is 0 Å². The summed E-state index contributed by atoms with van der Waals surface area (Å²) in [5.74, 6) is 1.61. The van der Waals surface area contributed by atoms with Gasteiger partial charge in [-0.15, -0.1) is 0 Å². The summed E-state index contributed by atoms with van der Waals surface area (Å²) in [5, 5.41) is 3.71. The largest absolute Gasteiger partial charge is 0.383 e. The van der Waals surface area contributed by atoms with Crippen LogP contribution in [0.15, 0.2) is 36.4 Å². The molecule has 2 aliphatic rings. The maximum Gasteiger partial charge on any atom is 0.0587 e. The first-order valence-corrected chi connectivity index (χ1v) is 7.38. The van der Waals surface area contributed by atoms with E-state index in [0.717, 1.165) is 25.0 Å². The maximum atomic E-state index is 5.17. The fourth-order valence-electron chi connectivity index (χ4n) is 3.62. The summed E-state index contributed by atoms with van der Waals surface area (Å²) in [6, 6.07) is 11.4. The van der Waals surface area contributed by atoms with Gasteiger partial charge >= 0.3 is 0 Å². The van der Waals surface area contributed by atoms with Gasteiger partial charge in [0.1, 0.15) is 0 Å². The van der Waals surface area contributed by atoms with E-state index in [-0.39, 0.29) is 0 Å². The number of ether oxygens (including phenoxy) is 1. The predicted octanol–water partition coefficient (Wildman–Crippen LogP) is 3.10. The highest BCUT2D eigenvalue weighted by Gasteiger charge is 2.36. The number of methoxy groups -OCH3 is 1. The highest BCUT2D eigenvalue weighted by molar-refractivity contribution is 5.71. The van der Waals surface area contributed by atoms with Crippen molar-refractivity contribution in [3.63, 3.8) is 0 Å². The molecule has 1 aromatic carbocycles. The molecule has 2 nitrogen and oxygen atoms in total. The first-order valence-electron chi connectivity index (χ1n) is 7.38. The molecule has 19 heavy (non-hydrogen) atoms. The lowest BCUT2D eigenvalue weighted by molar-refractivity contribution is 0.194. The van der Waals surface area contributed by atoms with Crippen LogP contribution in [0.4, 0.5) is 0 Å². The van der Waals surface area contributed by atoms with Crippen molar-refractivity contribution in [1.29, 1.82) is 0 Å². The third-order valence-corrected chi connectivity index (χ3v) is 4.51. The summed E-state index contributed by atoms with van der Waals surface area (Å²) >= 11 is 0. The smallest absolute Gasteiger partial charge is 0.0587 e. The Morgan fingerprint density at radius 3 is 2.84 bits per heavy atom. The molecule has 1 saturated carbocycles. The molecule has 2 unspecified atom stereocenters. The van der Waals surface area contributed by atoms with E-state index in [1.54, 1.807) is 7.11 Å². The van der Waals surface area contributed by atoms with E-state index in [1.807, 2.05) is 0 Å². The average molecular weight is 257 g/mol. The fourth-order valence-corrected chi connectivity index (χ4v) is 3.62. The number of nitrogens with one attached hydrogen (secondary N) is 1. The topological polar surface area (TPSA) is 21.3 Å². The number of hydrogen-bond acceptors (Lipinski definition) is 2. The number of allylic oxidation sites excluding steroid dienone is 1. The van der Waals surface area contributed by atoms with Gasteiger partial charge in [0.05, 0.1) is 6.61 Å². The lowest BCUT2D eigenvalue weighted by atomic mass is 9.81. The highest BCUT2D eigenvalue weighted by Crippen LogP contribution is 2.44. The number of hydrogen-bond donors (Lipinski definition) is 1. The first-order chi connectivity index (χ1) is 9.38. The normalized spacial score (nSPS) is 29.3. The Bertz CT molecular complexity index is 440. The number of benzene rings is 1. The van der Waals surface area contributed by atoms with Crippen molar-refractivity contribution < 1.29 is 4.74 Å². The summed E-state index contributed by atoms with van der Waals surface area (Å²) in [5.41, 5.74) is 2.89. The second kappa shape index (κ2) is 5.89. The van der Waals surface area contributed by atoms with Gasteiger partial charge in [-0.3, -0.25) is 0 Å². The van der Waals surface area contributed by atoms with Gasteiger partial charge in [-0.05, 0) is 42.2 Å². The van der Waals surface area contributed by atoms with Gasteiger partial charge in [-0.2, -0.15) is 0 Å². The quantitative estimate of drug-likeness (QED) is 0.818. The van der Waals surface area contributed by atoms with Crippen LogP contribution >= 0.6 is 0 Å². The Labute approximate surface area is 115 Å². The predicted molar refractivity (Wildman–Crippen MR) is 78.9 cm³/mol. The molecule has 3 atom stereocenters. The lowest BCUT2D eigenvalue weighted by Crippen LogP contribution is -2.39. The monoisotopic (exact) mass is 257 g/mol. The van der Waals surface area contributed by atoms with Crippen LogP contribution < -0.4 is 5.32 Å². The standard InChI is InChI=1S/C17H23NO/c1-19-10-9-18-17-15-8-7-13(11-15)12-16(17)14-5-3-2-4-6-14/h2-6,12-13,15,17-18H,7-11H2,1H3/t13?,15?,17-/m0/s1. The van der Waals surface area contributed by atoms with Gasteiger partial charge in [0.2, 0.25) is 0 Å². The van der Waals surface area contributed by atoms with Crippen LogP contribution in [0.5, 0.6) is 0 Å². The van der Waals surface area contributed by atoms with Crippen molar-refractivity contribution in [3.8, 4) is 0 Å². The number of rotatable bonds is 5. The minimum Gasteiger partial charge on any atom is -0.383 e. The molecule has 0 aliphatic heterocycles. The second-order valence-corrected chi connectivity index (χ2v) is 5.75. The van der Waals surface area contributed by atoms with Crippen molar-refractivity contribution >= 4 is 5.57 Å². The highest BCUT2D eigenvalue weighted by atomic mass is 16.5. The van der Waals surface area contributed by atoms with E-state index in [0.29, 0.717) is 6.04 Å². The van der Waals surface area contributed by atoms with Crippen molar-refractivity contribution in [2.24, 2.45) is 11.8 Å². The third-order valence-electron chi connectivity index (χ3n) is 4.51. The second-order valence-electron chi connectivity index (χ2n) is 5.75. The summed E-state index contributed by atoms with van der Waals surface area (Å²) in [4.78, 5) is 0. The minimum absolute atomic E-state index is 0.510. The van der Waals surface area contributed by atoms with Crippen LogP contribution in [0.2, 0.25) is 0 Å². The molecule has 0 amide bonds. The number of fused-ring (bicyclic) bond motifs is 2. The SMILES string of the molecule is COCCN[C@@H]1C(c2ccccc2)=CC2CCC1C2. The molecule has 0 spiro atoms. The molecule has 0 saturated heterocycles. The van der Waals surface area contributed by atoms with Crippen LogP contribution in [0, 0.1) is 11.8 Å². The van der Waals surface area contributed by atoms with E-state index in [1.165, 1.54) is 30.4 Å². The van der Waals surface area contributed by atoms with Crippen molar-refractivity contribution in [2.45, 2.75) is 25.3 Å². The Kier molecular flexibility index (Phi) is 4.00.